The second-order valence-electron chi connectivity index (χ2n) is 8.56. The van der Waals surface area contributed by atoms with Crippen molar-refractivity contribution in [3.8, 4) is 0 Å². The van der Waals surface area contributed by atoms with Crippen molar-refractivity contribution in [2.45, 2.75) is 31.4 Å². The first-order valence-electron chi connectivity index (χ1n) is 10.9. The van der Waals surface area contributed by atoms with E-state index in [0.29, 0.717) is 25.1 Å². The molecule has 1 N–H and O–H groups in total. The lowest BCUT2D eigenvalue weighted by Gasteiger charge is -2.37. The Labute approximate surface area is 181 Å². The molecule has 2 aromatic carbocycles. The van der Waals surface area contributed by atoms with Crippen LogP contribution in [-0.2, 0) is 4.79 Å². The lowest BCUT2D eigenvalue weighted by atomic mass is 9.92. The molecule has 1 aliphatic heterocycles. The highest BCUT2D eigenvalue weighted by Crippen LogP contribution is 2.39. The third-order valence-electron chi connectivity index (χ3n) is 6.28. The van der Waals surface area contributed by atoms with Gasteiger partial charge < -0.3 is 5.11 Å². The first-order valence-corrected chi connectivity index (χ1v) is 10.9. The highest BCUT2D eigenvalue weighted by molar-refractivity contribution is 5.89. The molecule has 0 radical (unpaired) electrons. The average Bonchev–Trinajstić information content (AvgIpc) is 3.63. The van der Waals surface area contributed by atoms with Gasteiger partial charge in [0.25, 0.3) is 0 Å². The Morgan fingerprint density at radius 2 is 1.90 bits per heavy atom. The van der Waals surface area contributed by atoms with Crippen LogP contribution in [0.4, 0.5) is 4.39 Å². The van der Waals surface area contributed by atoms with Crippen molar-refractivity contribution >= 4 is 22.8 Å². The molecule has 2 heterocycles. The summed E-state index contributed by atoms with van der Waals surface area (Å²) in [5, 5.41) is 11.7. The minimum Gasteiger partial charge on any atom is -0.389 e. The van der Waals surface area contributed by atoms with E-state index < -0.39 is 12.1 Å². The summed E-state index contributed by atoms with van der Waals surface area (Å²) in [6.45, 7) is 0.970. The minimum absolute atomic E-state index is 0.0218. The van der Waals surface area contributed by atoms with Gasteiger partial charge in [-0.1, -0.05) is 42.5 Å². The SMILES string of the molecule is O=C(C1CC1)C(c1ccccc1F)N1CCC(O)C(=Cc2cnc3ccccc3c2)C1. The summed E-state index contributed by atoms with van der Waals surface area (Å²) >= 11 is 0. The molecule has 0 bridgehead atoms. The first kappa shape index (κ1) is 20.0. The van der Waals surface area contributed by atoms with Crippen LogP contribution in [0.2, 0.25) is 0 Å². The number of hydrogen-bond donors (Lipinski definition) is 1. The van der Waals surface area contributed by atoms with Crippen LogP contribution in [0.1, 0.15) is 36.4 Å². The van der Waals surface area contributed by atoms with Gasteiger partial charge in [-0.25, -0.2) is 4.39 Å². The molecule has 2 fully saturated rings. The van der Waals surface area contributed by atoms with Crippen LogP contribution in [0.25, 0.3) is 17.0 Å². The van der Waals surface area contributed by atoms with Gasteiger partial charge in [0.2, 0.25) is 0 Å². The lowest BCUT2D eigenvalue weighted by Crippen LogP contribution is -2.43. The second-order valence-corrected chi connectivity index (χ2v) is 8.56. The van der Waals surface area contributed by atoms with E-state index in [2.05, 4.69) is 4.98 Å². The van der Waals surface area contributed by atoms with Crippen molar-refractivity contribution in [3.63, 3.8) is 0 Å². The number of nitrogens with zero attached hydrogens (tertiary/aromatic N) is 2. The number of benzene rings is 2. The predicted octanol–water partition coefficient (Wildman–Crippen LogP) is 4.54. The highest BCUT2D eigenvalue weighted by Gasteiger charge is 2.41. The van der Waals surface area contributed by atoms with Gasteiger partial charge in [-0.2, -0.15) is 0 Å². The van der Waals surface area contributed by atoms with Crippen molar-refractivity contribution in [1.29, 1.82) is 0 Å². The van der Waals surface area contributed by atoms with Crippen molar-refractivity contribution in [1.82, 2.24) is 9.88 Å². The zero-order chi connectivity index (χ0) is 21.4. The summed E-state index contributed by atoms with van der Waals surface area (Å²) in [5.74, 6) is -0.237. The fraction of sp³-hybridized carbons (Fsp3) is 0.308. The van der Waals surface area contributed by atoms with Gasteiger partial charge in [-0.3, -0.25) is 14.7 Å². The van der Waals surface area contributed by atoms with Crippen LogP contribution in [0.15, 0.2) is 66.4 Å². The number of aliphatic hydroxyl groups is 1. The summed E-state index contributed by atoms with van der Waals surface area (Å²) in [7, 11) is 0. The number of aromatic nitrogens is 1. The van der Waals surface area contributed by atoms with Gasteiger partial charge in [0.1, 0.15) is 5.82 Å². The zero-order valence-corrected chi connectivity index (χ0v) is 17.2. The Kier molecular flexibility index (Phi) is 5.38. The van der Waals surface area contributed by atoms with E-state index in [1.807, 2.05) is 41.3 Å². The van der Waals surface area contributed by atoms with Crippen molar-refractivity contribution in [2.24, 2.45) is 5.92 Å². The number of likely N-dealkylation sites (tertiary alicyclic amines) is 1. The molecular formula is C26H25FN2O2. The quantitative estimate of drug-likeness (QED) is 0.663. The van der Waals surface area contributed by atoms with E-state index in [0.717, 1.165) is 34.9 Å². The number of halogens is 1. The van der Waals surface area contributed by atoms with Gasteiger partial charge >= 0.3 is 0 Å². The van der Waals surface area contributed by atoms with Crippen LogP contribution < -0.4 is 0 Å². The molecule has 1 aliphatic carbocycles. The molecule has 2 aliphatic rings. The number of rotatable bonds is 5. The number of para-hydroxylation sites is 1. The molecule has 1 saturated carbocycles. The van der Waals surface area contributed by atoms with Crippen molar-refractivity contribution in [2.75, 3.05) is 13.1 Å². The number of hydrogen-bond acceptors (Lipinski definition) is 4. The second kappa shape index (κ2) is 8.33. The molecular weight excluding hydrogens is 391 g/mol. The summed E-state index contributed by atoms with van der Waals surface area (Å²) < 4.78 is 14.7. The molecule has 2 atom stereocenters. The smallest absolute Gasteiger partial charge is 0.157 e. The van der Waals surface area contributed by atoms with Crippen LogP contribution in [-0.4, -0.2) is 40.0 Å². The Morgan fingerprint density at radius 1 is 1.13 bits per heavy atom. The van der Waals surface area contributed by atoms with Crippen molar-refractivity contribution in [3.05, 3.63) is 83.3 Å². The fourth-order valence-corrected chi connectivity index (χ4v) is 4.45. The summed E-state index contributed by atoms with van der Waals surface area (Å²) in [5.41, 5.74) is 3.09. The summed E-state index contributed by atoms with van der Waals surface area (Å²) in [6, 6.07) is 15.9. The highest BCUT2D eigenvalue weighted by atomic mass is 19.1. The maximum atomic E-state index is 14.7. The fourth-order valence-electron chi connectivity index (χ4n) is 4.45. The normalized spacial score (nSPS) is 22.0. The maximum absolute atomic E-state index is 14.7. The number of pyridine rings is 1. The maximum Gasteiger partial charge on any atom is 0.157 e. The Balaban J connectivity index is 1.47. The predicted molar refractivity (Wildman–Crippen MR) is 119 cm³/mol. The molecule has 158 valence electrons. The number of fused-ring (bicyclic) bond motifs is 1. The number of Topliss-reactive ketones (excluding diaryl/α,β-unsaturated/α-hetero) is 1. The number of aliphatic hydroxyl groups excluding tert-OH is 1. The third kappa shape index (κ3) is 4.16. The van der Waals surface area contributed by atoms with E-state index in [4.69, 9.17) is 0 Å². The number of piperidine rings is 1. The average molecular weight is 416 g/mol. The first-order chi connectivity index (χ1) is 15.1. The molecule has 0 amide bonds. The van der Waals surface area contributed by atoms with E-state index in [9.17, 15) is 14.3 Å². The van der Waals surface area contributed by atoms with Gasteiger partial charge in [0.15, 0.2) is 5.78 Å². The van der Waals surface area contributed by atoms with E-state index in [1.54, 1.807) is 24.4 Å². The largest absolute Gasteiger partial charge is 0.389 e. The number of ketones is 1. The molecule has 5 rings (SSSR count). The molecule has 2 unspecified atom stereocenters. The molecule has 31 heavy (non-hydrogen) atoms. The lowest BCUT2D eigenvalue weighted by molar-refractivity contribution is -0.126. The van der Waals surface area contributed by atoms with Crippen LogP contribution in [0.3, 0.4) is 0 Å². The zero-order valence-electron chi connectivity index (χ0n) is 17.2. The molecule has 3 aromatic rings. The minimum atomic E-state index is -0.612. The molecule has 0 spiro atoms. The molecule has 5 heteroatoms. The number of carbonyl (C=O) groups is 1. The summed E-state index contributed by atoms with van der Waals surface area (Å²) in [6.07, 6.45) is 5.44. The van der Waals surface area contributed by atoms with Gasteiger partial charge in [0, 0.05) is 36.2 Å². The summed E-state index contributed by atoms with van der Waals surface area (Å²) in [4.78, 5) is 19.7. The van der Waals surface area contributed by atoms with Crippen molar-refractivity contribution < 1.29 is 14.3 Å². The topological polar surface area (TPSA) is 53.4 Å². The van der Waals surface area contributed by atoms with Crippen LogP contribution in [0, 0.1) is 11.7 Å². The van der Waals surface area contributed by atoms with Gasteiger partial charge in [-0.15, -0.1) is 0 Å². The molecule has 4 nitrogen and oxygen atoms in total. The van der Waals surface area contributed by atoms with Gasteiger partial charge in [0.05, 0.1) is 17.7 Å². The van der Waals surface area contributed by atoms with Crippen LogP contribution >= 0.6 is 0 Å². The Bertz CT molecular complexity index is 1150. The third-order valence-corrected chi connectivity index (χ3v) is 6.28. The number of carbonyl (C=O) groups excluding carboxylic acids is 1. The van der Waals surface area contributed by atoms with E-state index in [1.165, 1.54) is 6.07 Å². The van der Waals surface area contributed by atoms with Gasteiger partial charge in [-0.05, 0) is 48.6 Å². The standard InChI is InChI=1S/C26H25FN2O2/c27-22-7-3-2-6-21(22)25(26(31)18-9-10-18)29-12-11-24(30)20(16-29)14-17-13-19-5-1-4-8-23(19)28-15-17/h1-8,13-15,18,24-25,30H,9-12,16H2. The van der Waals surface area contributed by atoms with E-state index in [-0.39, 0.29) is 17.5 Å². The molecule has 1 aromatic heterocycles. The van der Waals surface area contributed by atoms with E-state index >= 15 is 0 Å². The Hall–Kier alpha value is -2.89. The monoisotopic (exact) mass is 416 g/mol. The Morgan fingerprint density at radius 3 is 2.71 bits per heavy atom. The van der Waals surface area contributed by atoms with Crippen LogP contribution in [0.5, 0.6) is 0 Å². The molecule has 1 saturated heterocycles.